The van der Waals surface area contributed by atoms with Gasteiger partial charge in [0.05, 0.1) is 38.8 Å². The number of thiophene rings is 1. The summed E-state index contributed by atoms with van der Waals surface area (Å²) in [5.41, 5.74) is 4.64. The molecule has 0 bridgehead atoms. The van der Waals surface area contributed by atoms with Crippen LogP contribution in [0.3, 0.4) is 0 Å². The number of rotatable bonds is 4. The van der Waals surface area contributed by atoms with Gasteiger partial charge in [0.15, 0.2) is 0 Å². The van der Waals surface area contributed by atoms with Gasteiger partial charge in [-0.2, -0.15) is 5.10 Å². The molecule has 0 saturated carbocycles. The molecule has 1 amide bonds. The van der Waals surface area contributed by atoms with E-state index in [0.717, 1.165) is 19.8 Å². The molecule has 0 saturated heterocycles. The highest BCUT2D eigenvalue weighted by molar-refractivity contribution is 7.17. The molecule has 3 aromatic rings. The normalized spacial score (nSPS) is 15.6. The summed E-state index contributed by atoms with van der Waals surface area (Å²) >= 11 is 1.51. The summed E-state index contributed by atoms with van der Waals surface area (Å²) in [7, 11) is 6.55. The summed E-state index contributed by atoms with van der Waals surface area (Å²) in [4.78, 5) is 16.9. The first-order valence-electron chi connectivity index (χ1n) is 10.3. The Labute approximate surface area is 190 Å². The van der Waals surface area contributed by atoms with Gasteiger partial charge in [-0.15, -0.1) is 11.3 Å². The highest BCUT2D eigenvalue weighted by atomic mass is 32.1. The number of H-pyrrole nitrogens is 1. The molecule has 1 unspecified atom stereocenters. The highest BCUT2D eigenvalue weighted by Crippen LogP contribution is 2.34. The van der Waals surface area contributed by atoms with Crippen LogP contribution < -0.4 is 0 Å². The monoisotopic (exact) mass is 439 g/mol. The van der Waals surface area contributed by atoms with Crippen molar-refractivity contribution >= 4 is 22.8 Å². The van der Waals surface area contributed by atoms with Crippen LogP contribution in [0, 0.1) is 6.92 Å². The fraction of sp³-hybridized carbons (Fsp3) is 0.360. The van der Waals surface area contributed by atoms with Gasteiger partial charge in [0.2, 0.25) is 0 Å². The van der Waals surface area contributed by atoms with Crippen LogP contribution >= 0.6 is 11.3 Å². The van der Waals surface area contributed by atoms with Crippen molar-refractivity contribution in [2.24, 2.45) is 0 Å². The van der Waals surface area contributed by atoms with Crippen molar-refractivity contribution < 1.29 is 9.28 Å². The van der Waals surface area contributed by atoms with E-state index in [1.165, 1.54) is 28.0 Å². The number of nitrogens with one attached hydrogen (secondary N) is 1. The first-order chi connectivity index (χ1) is 14.3. The van der Waals surface area contributed by atoms with Gasteiger partial charge in [0.25, 0.3) is 5.91 Å². The molecule has 1 aliphatic heterocycles. The SMILES string of the molecule is C.CC.Cc1ccc(C2=CN(C(=O)c3ccc(-c4cn[nH]c4)s3)CC2[N+](C)(C)C)cc1. The lowest BCUT2D eigenvalue weighted by atomic mass is 9.98. The van der Waals surface area contributed by atoms with Gasteiger partial charge >= 0.3 is 0 Å². The van der Waals surface area contributed by atoms with Gasteiger partial charge in [-0.3, -0.25) is 9.89 Å². The highest BCUT2D eigenvalue weighted by Gasteiger charge is 2.38. The smallest absolute Gasteiger partial charge is 0.268 e. The number of aryl methyl sites for hydroxylation is 1. The van der Waals surface area contributed by atoms with Crippen molar-refractivity contribution in [3.05, 3.63) is 71.0 Å². The number of likely N-dealkylation sites (N-methyl/N-ethyl adjacent to an activating group) is 1. The van der Waals surface area contributed by atoms with E-state index < -0.39 is 0 Å². The third-order valence-electron chi connectivity index (χ3n) is 5.20. The van der Waals surface area contributed by atoms with Crippen molar-refractivity contribution in [1.82, 2.24) is 15.1 Å². The summed E-state index contributed by atoms with van der Waals surface area (Å²) in [5, 5.41) is 6.81. The van der Waals surface area contributed by atoms with Crippen LogP contribution in [0.2, 0.25) is 0 Å². The lowest BCUT2D eigenvalue weighted by Gasteiger charge is -2.33. The standard InChI is InChI=1S/C22H24N4OS.C2H6.CH4/c1-15-5-7-16(8-6-15)18-13-25(14-19(18)26(2,3)4)22(27)21-10-9-20(28-21)17-11-23-24-12-17;1-2;/h5-13,19H,14H2,1-4H3;1-2H3;1H4/p+1. The Hall–Kier alpha value is -2.70. The van der Waals surface area contributed by atoms with Crippen molar-refractivity contribution in [2.75, 3.05) is 27.7 Å². The zero-order chi connectivity index (χ0) is 21.9. The lowest BCUT2D eigenvalue weighted by molar-refractivity contribution is -0.885. The molecule has 0 fully saturated rings. The number of carbonyl (C=O) groups is 1. The molecule has 0 radical (unpaired) electrons. The fourth-order valence-corrected chi connectivity index (χ4v) is 4.49. The number of nitrogens with zero attached hydrogens (tertiary/aromatic N) is 3. The van der Waals surface area contributed by atoms with Crippen molar-refractivity contribution in [2.45, 2.75) is 34.2 Å². The predicted octanol–water partition coefficient (Wildman–Crippen LogP) is 5.68. The Balaban J connectivity index is 0.00000111. The number of aromatic nitrogens is 2. The van der Waals surface area contributed by atoms with E-state index in [1.807, 2.05) is 43.3 Å². The molecule has 166 valence electrons. The first-order valence-corrected chi connectivity index (χ1v) is 11.1. The molecule has 1 atom stereocenters. The molecule has 0 aliphatic carbocycles. The molecule has 4 rings (SSSR count). The summed E-state index contributed by atoms with van der Waals surface area (Å²) < 4.78 is 0.772. The summed E-state index contributed by atoms with van der Waals surface area (Å²) in [6.45, 7) is 6.78. The van der Waals surface area contributed by atoms with E-state index in [1.54, 1.807) is 6.20 Å². The molecule has 2 aromatic heterocycles. The summed E-state index contributed by atoms with van der Waals surface area (Å²) in [5.74, 6) is 0.0558. The summed E-state index contributed by atoms with van der Waals surface area (Å²) in [6, 6.07) is 12.7. The van der Waals surface area contributed by atoms with Crippen molar-refractivity contribution in [3.8, 4) is 10.4 Å². The van der Waals surface area contributed by atoms with E-state index in [-0.39, 0.29) is 19.4 Å². The van der Waals surface area contributed by atoms with Crippen LogP contribution in [0.25, 0.3) is 16.0 Å². The Morgan fingerprint density at radius 3 is 2.35 bits per heavy atom. The average Bonchev–Trinajstić information content (AvgIpc) is 3.48. The fourth-order valence-electron chi connectivity index (χ4n) is 3.54. The van der Waals surface area contributed by atoms with E-state index in [9.17, 15) is 4.79 Å². The summed E-state index contributed by atoms with van der Waals surface area (Å²) in [6.07, 6.45) is 5.66. The molecule has 3 heterocycles. The molecule has 1 aromatic carbocycles. The van der Waals surface area contributed by atoms with Crippen LogP contribution in [0.1, 0.15) is 42.1 Å². The van der Waals surface area contributed by atoms with Crippen LogP contribution in [0.4, 0.5) is 0 Å². The minimum absolute atomic E-state index is 0. The Kier molecular flexibility index (Phi) is 7.98. The van der Waals surface area contributed by atoms with E-state index in [0.29, 0.717) is 6.54 Å². The number of carbonyl (C=O) groups excluding carboxylic acids is 1. The van der Waals surface area contributed by atoms with E-state index in [2.05, 4.69) is 62.5 Å². The molecule has 5 nitrogen and oxygen atoms in total. The van der Waals surface area contributed by atoms with Gasteiger partial charge < -0.3 is 9.38 Å². The largest absolute Gasteiger partial charge is 0.323 e. The minimum Gasteiger partial charge on any atom is -0.323 e. The Morgan fingerprint density at radius 1 is 1.10 bits per heavy atom. The predicted molar refractivity (Wildman–Crippen MR) is 132 cm³/mol. The molecule has 31 heavy (non-hydrogen) atoms. The van der Waals surface area contributed by atoms with Crippen LogP contribution in [-0.4, -0.2) is 59.2 Å². The second-order valence-electron chi connectivity index (χ2n) is 8.19. The van der Waals surface area contributed by atoms with E-state index >= 15 is 0 Å². The van der Waals surface area contributed by atoms with Gasteiger partial charge in [-0.05, 0) is 24.6 Å². The Bertz CT molecular complexity index is 1010. The van der Waals surface area contributed by atoms with Gasteiger partial charge in [0, 0.05) is 28.4 Å². The topological polar surface area (TPSA) is 49.0 Å². The third kappa shape index (κ3) is 5.32. The third-order valence-corrected chi connectivity index (χ3v) is 6.33. The number of amides is 1. The zero-order valence-electron chi connectivity index (χ0n) is 18.6. The first kappa shape index (κ1) is 24.6. The number of hydrogen-bond donors (Lipinski definition) is 1. The molecule has 1 aliphatic rings. The van der Waals surface area contributed by atoms with Gasteiger partial charge in [-0.1, -0.05) is 51.1 Å². The van der Waals surface area contributed by atoms with Gasteiger partial charge in [-0.25, -0.2) is 0 Å². The van der Waals surface area contributed by atoms with Crippen molar-refractivity contribution in [3.63, 3.8) is 0 Å². The van der Waals surface area contributed by atoms with Crippen molar-refractivity contribution in [1.29, 1.82) is 0 Å². The van der Waals surface area contributed by atoms with E-state index in [4.69, 9.17) is 0 Å². The molecule has 6 heteroatoms. The molecular weight excluding hydrogens is 404 g/mol. The molecule has 0 spiro atoms. The number of quaternary nitrogens is 1. The molecular formula is C25H35N4OS+. The lowest BCUT2D eigenvalue weighted by Crippen LogP contribution is -2.48. The minimum atomic E-state index is 0. The second-order valence-corrected chi connectivity index (χ2v) is 9.27. The zero-order valence-corrected chi connectivity index (χ0v) is 19.5. The maximum absolute atomic E-state index is 13.2. The second kappa shape index (κ2) is 10.1. The quantitative estimate of drug-likeness (QED) is 0.532. The number of benzene rings is 1. The van der Waals surface area contributed by atoms with Crippen LogP contribution in [0.15, 0.2) is 55.0 Å². The maximum Gasteiger partial charge on any atom is 0.268 e. The number of aromatic amines is 1. The van der Waals surface area contributed by atoms with Crippen LogP contribution in [0.5, 0.6) is 0 Å². The van der Waals surface area contributed by atoms with Gasteiger partial charge in [0.1, 0.15) is 6.04 Å². The maximum atomic E-state index is 13.2. The average molecular weight is 440 g/mol. The number of hydrogen-bond acceptors (Lipinski definition) is 3. The molecule has 1 N–H and O–H groups in total. The van der Waals surface area contributed by atoms with Crippen LogP contribution in [-0.2, 0) is 0 Å². The Morgan fingerprint density at radius 2 is 1.77 bits per heavy atom.